The second-order valence-electron chi connectivity index (χ2n) is 5.54. The van der Waals surface area contributed by atoms with Crippen LogP contribution in [0.25, 0.3) is 22.3 Å². The van der Waals surface area contributed by atoms with Gasteiger partial charge in [-0.05, 0) is 23.3 Å². The largest absolute Gasteiger partial charge is 0.493 e. The number of nitrogens with one attached hydrogen (secondary N) is 1. The lowest BCUT2D eigenvalue weighted by Crippen LogP contribution is -2.00. The van der Waals surface area contributed by atoms with E-state index in [9.17, 15) is 9.90 Å². The normalized spacial score (nSPS) is 10.4. The highest BCUT2D eigenvalue weighted by Crippen LogP contribution is 2.44. The van der Waals surface area contributed by atoms with E-state index in [0.29, 0.717) is 28.4 Å². The van der Waals surface area contributed by atoms with Gasteiger partial charge in [0.25, 0.3) is 0 Å². The molecule has 6 nitrogen and oxygen atoms in total. The van der Waals surface area contributed by atoms with Crippen molar-refractivity contribution >= 4 is 5.97 Å². The molecule has 0 saturated carbocycles. The molecule has 3 aromatic rings. The summed E-state index contributed by atoms with van der Waals surface area (Å²) in [7, 11) is 4.57. The molecular formula is C20H19NO5. The van der Waals surface area contributed by atoms with Crippen molar-refractivity contribution in [3.8, 4) is 39.5 Å². The highest BCUT2D eigenvalue weighted by molar-refractivity contribution is 6.00. The Bertz CT molecular complexity index is 906. The van der Waals surface area contributed by atoms with E-state index in [1.807, 2.05) is 30.3 Å². The van der Waals surface area contributed by atoms with Crippen LogP contribution in [0, 0.1) is 0 Å². The van der Waals surface area contributed by atoms with Gasteiger partial charge >= 0.3 is 5.97 Å². The molecule has 1 heterocycles. The Labute approximate surface area is 151 Å². The number of benzene rings is 2. The van der Waals surface area contributed by atoms with Crippen LogP contribution in [0.4, 0.5) is 0 Å². The number of aromatic carboxylic acids is 1. The number of carboxylic acids is 1. The third kappa shape index (κ3) is 2.97. The maximum Gasteiger partial charge on any atom is 0.352 e. The minimum atomic E-state index is -1.05. The average Bonchev–Trinajstić information content (AvgIpc) is 3.12. The summed E-state index contributed by atoms with van der Waals surface area (Å²) in [6.07, 6.45) is 1.69. The van der Waals surface area contributed by atoms with Crippen molar-refractivity contribution in [1.82, 2.24) is 4.98 Å². The molecule has 0 aliphatic carbocycles. The Morgan fingerprint density at radius 2 is 1.54 bits per heavy atom. The minimum absolute atomic E-state index is 0.0955. The number of rotatable bonds is 6. The number of H-pyrrole nitrogens is 1. The van der Waals surface area contributed by atoms with Crippen LogP contribution >= 0.6 is 0 Å². The molecule has 134 valence electrons. The van der Waals surface area contributed by atoms with E-state index in [0.717, 1.165) is 11.1 Å². The monoisotopic (exact) mass is 353 g/mol. The number of hydrogen-bond donors (Lipinski definition) is 2. The number of aromatic amines is 1. The molecule has 6 heteroatoms. The molecule has 3 rings (SSSR count). The van der Waals surface area contributed by atoms with E-state index >= 15 is 0 Å². The van der Waals surface area contributed by atoms with Crippen LogP contribution in [0.1, 0.15) is 10.5 Å². The predicted molar refractivity (Wildman–Crippen MR) is 98.3 cm³/mol. The van der Waals surface area contributed by atoms with E-state index in [1.165, 1.54) is 21.3 Å². The molecule has 26 heavy (non-hydrogen) atoms. The summed E-state index contributed by atoms with van der Waals surface area (Å²) in [4.78, 5) is 14.6. The average molecular weight is 353 g/mol. The lowest BCUT2D eigenvalue weighted by Gasteiger charge is -2.15. The zero-order chi connectivity index (χ0) is 18.7. The molecule has 0 fully saturated rings. The van der Waals surface area contributed by atoms with Gasteiger partial charge in [-0.15, -0.1) is 0 Å². The standard InChI is InChI=1S/C20H19NO5/c1-24-15-9-13(10-16(25-2)19(15)26-3)17-14(11-21-18(17)20(22)23)12-7-5-4-6-8-12/h4-11,21H,1-3H3,(H,22,23). The van der Waals surface area contributed by atoms with E-state index in [-0.39, 0.29) is 5.69 Å². The second-order valence-corrected chi connectivity index (χ2v) is 5.54. The van der Waals surface area contributed by atoms with Gasteiger partial charge in [-0.2, -0.15) is 0 Å². The van der Waals surface area contributed by atoms with Crippen molar-refractivity contribution in [3.05, 3.63) is 54.4 Å². The lowest BCUT2D eigenvalue weighted by molar-refractivity contribution is 0.0692. The van der Waals surface area contributed by atoms with E-state index < -0.39 is 5.97 Å². The smallest absolute Gasteiger partial charge is 0.352 e. The number of carbonyl (C=O) groups is 1. The summed E-state index contributed by atoms with van der Waals surface area (Å²) in [6, 6.07) is 13.1. The quantitative estimate of drug-likeness (QED) is 0.698. The van der Waals surface area contributed by atoms with Gasteiger partial charge in [0, 0.05) is 17.3 Å². The third-order valence-electron chi connectivity index (χ3n) is 4.13. The summed E-state index contributed by atoms with van der Waals surface area (Å²) < 4.78 is 16.2. The molecule has 0 saturated heterocycles. The summed E-state index contributed by atoms with van der Waals surface area (Å²) in [5.74, 6) is 0.320. The maximum absolute atomic E-state index is 11.8. The molecule has 0 aliphatic rings. The first kappa shape index (κ1) is 17.4. The number of hydrogen-bond acceptors (Lipinski definition) is 4. The van der Waals surface area contributed by atoms with Gasteiger partial charge in [-0.3, -0.25) is 0 Å². The van der Waals surface area contributed by atoms with E-state index in [1.54, 1.807) is 18.3 Å². The Kier molecular flexibility index (Phi) is 4.84. The highest BCUT2D eigenvalue weighted by Gasteiger charge is 2.22. The molecule has 2 N–H and O–H groups in total. The molecule has 0 radical (unpaired) electrons. The Hall–Kier alpha value is -3.41. The number of carboxylic acid groups (broad SMARTS) is 1. The number of aromatic nitrogens is 1. The fraction of sp³-hybridized carbons (Fsp3) is 0.150. The van der Waals surface area contributed by atoms with Crippen molar-refractivity contribution in [2.24, 2.45) is 0 Å². The summed E-state index contributed by atoms with van der Waals surface area (Å²) in [5, 5.41) is 9.62. The van der Waals surface area contributed by atoms with Crippen molar-refractivity contribution < 1.29 is 24.1 Å². The fourth-order valence-electron chi connectivity index (χ4n) is 2.96. The summed E-state index contributed by atoms with van der Waals surface area (Å²) >= 11 is 0. The molecular weight excluding hydrogens is 334 g/mol. The Balaban J connectivity index is 2.29. The van der Waals surface area contributed by atoms with Crippen LogP contribution in [0.2, 0.25) is 0 Å². The molecule has 2 aromatic carbocycles. The minimum Gasteiger partial charge on any atom is -0.493 e. The third-order valence-corrected chi connectivity index (χ3v) is 4.13. The van der Waals surface area contributed by atoms with Gasteiger partial charge in [0.1, 0.15) is 5.69 Å². The zero-order valence-corrected chi connectivity index (χ0v) is 14.7. The van der Waals surface area contributed by atoms with Crippen LogP contribution in [0.5, 0.6) is 17.2 Å². The van der Waals surface area contributed by atoms with Crippen molar-refractivity contribution in [2.75, 3.05) is 21.3 Å². The first-order valence-corrected chi connectivity index (χ1v) is 7.91. The molecule has 0 bridgehead atoms. The first-order chi connectivity index (χ1) is 12.6. The number of ether oxygens (including phenoxy) is 3. The SMILES string of the molecule is COc1cc(-c2c(-c3ccccc3)c[nH]c2C(=O)O)cc(OC)c1OC. The van der Waals surface area contributed by atoms with E-state index in [2.05, 4.69) is 4.98 Å². The van der Waals surface area contributed by atoms with Gasteiger partial charge in [0.15, 0.2) is 11.5 Å². The van der Waals surface area contributed by atoms with Crippen molar-refractivity contribution in [3.63, 3.8) is 0 Å². The molecule has 0 unspecified atom stereocenters. The van der Waals surface area contributed by atoms with Gasteiger partial charge in [-0.25, -0.2) is 4.79 Å². The van der Waals surface area contributed by atoms with Crippen LogP contribution in [0.3, 0.4) is 0 Å². The predicted octanol–water partition coefficient (Wildman–Crippen LogP) is 4.07. The lowest BCUT2D eigenvalue weighted by atomic mass is 9.96. The van der Waals surface area contributed by atoms with Crippen LogP contribution in [-0.2, 0) is 0 Å². The molecule has 0 amide bonds. The Morgan fingerprint density at radius 1 is 0.923 bits per heavy atom. The van der Waals surface area contributed by atoms with Crippen LogP contribution in [-0.4, -0.2) is 37.4 Å². The maximum atomic E-state index is 11.8. The molecule has 0 atom stereocenters. The fourth-order valence-corrected chi connectivity index (χ4v) is 2.96. The van der Waals surface area contributed by atoms with Gasteiger partial charge in [0.05, 0.1) is 21.3 Å². The van der Waals surface area contributed by atoms with Gasteiger partial charge in [0.2, 0.25) is 5.75 Å². The second kappa shape index (κ2) is 7.23. The van der Waals surface area contributed by atoms with Crippen molar-refractivity contribution in [2.45, 2.75) is 0 Å². The zero-order valence-electron chi connectivity index (χ0n) is 14.7. The van der Waals surface area contributed by atoms with Gasteiger partial charge < -0.3 is 24.3 Å². The van der Waals surface area contributed by atoms with Crippen LogP contribution < -0.4 is 14.2 Å². The van der Waals surface area contributed by atoms with Crippen LogP contribution in [0.15, 0.2) is 48.7 Å². The van der Waals surface area contributed by atoms with Gasteiger partial charge in [-0.1, -0.05) is 30.3 Å². The van der Waals surface area contributed by atoms with E-state index in [4.69, 9.17) is 14.2 Å². The summed E-state index contributed by atoms with van der Waals surface area (Å²) in [5.41, 5.74) is 2.98. The first-order valence-electron chi connectivity index (χ1n) is 7.91. The Morgan fingerprint density at radius 3 is 2.04 bits per heavy atom. The summed E-state index contributed by atoms with van der Waals surface area (Å²) in [6.45, 7) is 0. The molecule has 0 spiro atoms. The highest BCUT2D eigenvalue weighted by atomic mass is 16.5. The molecule has 1 aromatic heterocycles. The number of methoxy groups -OCH3 is 3. The van der Waals surface area contributed by atoms with Crippen molar-refractivity contribution in [1.29, 1.82) is 0 Å². The topological polar surface area (TPSA) is 80.8 Å². The molecule has 0 aliphatic heterocycles.